The van der Waals surface area contributed by atoms with E-state index in [0.717, 1.165) is 23.8 Å². The molecule has 0 saturated carbocycles. The Morgan fingerprint density at radius 3 is 2.57 bits per heavy atom. The fourth-order valence-corrected chi connectivity index (χ4v) is 4.65. The third-order valence-corrected chi connectivity index (χ3v) is 6.28. The lowest BCUT2D eigenvalue weighted by molar-refractivity contribution is 0.0692. The van der Waals surface area contributed by atoms with Crippen LogP contribution in [0.15, 0.2) is 71.3 Å². The molecule has 174 valence electrons. The van der Waals surface area contributed by atoms with E-state index in [0.29, 0.717) is 40.0 Å². The number of para-hydroxylation sites is 1. The largest absolute Gasteiger partial charge is 0.478 e. The lowest BCUT2D eigenvalue weighted by atomic mass is 9.97. The van der Waals surface area contributed by atoms with Gasteiger partial charge in [0.05, 0.1) is 11.3 Å². The van der Waals surface area contributed by atoms with Crippen LogP contribution < -0.4 is 0 Å². The number of carboxylic acids is 1. The van der Waals surface area contributed by atoms with Gasteiger partial charge in [0.15, 0.2) is 0 Å². The number of nitriles is 1. The topological polar surface area (TPSA) is 112 Å². The molecule has 5 aromatic rings. The van der Waals surface area contributed by atoms with Gasteiger partial charge in [-0.2, -0.15) is 5.26 Å². The molecule has 0 bridgehead atoms. The number of hydrogen-bond acceptors (Lipinski definition) is 5. The molecule has 0 radical (unpaired) electrons. The zero-order chi connectivity index (χ0) is 24.5. The molecule has 0 fully saturated rings. The van der Waals surface area contributed by atoms with E-state index in [2.05, 4.69) is 18.0 Å². The number of aliphatic hydroxyl groups excluding tert-OH is 1. The number of pyridine rings is 1. The van der Waals surface area contributed by atoms with Gasteiger partial charge >= 0.3 is 5.97 Å². The van der Waals surface area contributed by atoms with Crippen molar-refractivity contribution in [3.05, 3.63) is 89.4 Å². The Morgan fingerprint density at radius 2 is 1.86 bits per heavy atom. The molecule has 1 unspecified atom stereocenters. The van der Waals surface area contributed by atoms with Crippen molar-refractivity contribution in [2.45, 2.75) is 32.4 Å². The molecule has 0 amide bonds. The zero-order valence-corrected chi connectivity index (χ0v) is 19.1. The summed E-state index contributed by atoms with van der Waals surface area (Å²) in [6, 6.07) is 20.1. The fourth-order valence-electron chi connectivity index (χ4n) is 4.65. The summed E-state index contributed by atoms with van der Waals surface area (Å²) in [5.41, 5.74) is 3.57. The summed E-state index contributed by atoms with van der Waals surface area (Å²) in [6.45, 7) is 2.61. The normalized spacial score (nSPS) is 12.1. The van der Waals surface area contributed by atoms with Crippen molar-refractivity contribution in [3.63, 3.8) is 0 Å². The molecule has 1 atom stereocenters. The van der Waals surface area contributed by atoms with Gasteiger partial charge < -0.3 is 19.2 Å². The number of aromatic carboxylic acids is 1. The third kappa shape index (κ3) is 3.74. The molecule has 2 N–H and O–H groups in total. The van der Waals surface area contributed by atoms with Gasteiger partial charge in [0.2, 0.25) is 5.76 Å². The van der Waals surface area contributed by atoms with Gasteiger partial charge in [0.1, 0.15) is 23.4 Å². The summed E-state index contributed by atoms with van der Waals surface area (Å²) >= 11 is 0. The number of hydrogen-bond donors (Lipinski definition) is 2. The van der Waals surface area contributed by atoms with Crippen molar-refractivity contribution in [2.24, 2.45) is 0 Å². The zero-order valence-electron chi connectivity index (χ0n) is 19.1. The Balaban J connectivity index is 1.62. The maximum atomic E-state index is 12.3. The van der Waals surface area contributed by atoms with Crippen molar-refractivity contribution in [3.8, 4) is 17.2 Å². The Morgan fingerprint density at radius 1 is 1.11 bits per heavy atom. The van der Waals surface area contributed by atoms with E-state index in [4.69, 9.17) is 4.42 Å². The lowest BCUT2D eigenvalue weighted by Crippen LogP contribution is -2.13. The number of aryl methyl sites for hydroxylation is 1. The minimum Gasteiger partial charge on any atom is -0.478 e. The predicted octanol–water partition coefficient (Wildman–Crippen LogP) is 5.90. The summed E-state index contributed by atoms with van der Waals surface area (Å²) in [5.74, 6) is -0.883. The van der Waals surface area contributed by atoms with Crippen LogP contribution in [0.4, 0.5) is 0 Å². The summed E-state index contributed by atoms with van der Waals surface area (Å²) in [5, 5.41) is 32.4. The minimum absolute atomic E-state index is 0.0633. The average Bonchev–Trinajstić information content (AvgIpc) is 3.43. The van der Waals surface area contributed by atoms with Crippen molar-refractivity contribution in [1.82, 2.24) is 9.55 Å². The Bertz CT molecular complexity index is 1590. The number of furan rings is 1. The van der Waals surface area contributed by atoms with Crippen LogP contribution in [0.25, 0.3) is 33.1 Å². The fraction of sp³-hybridized carbons (Fsp3) is 0.179. The highest BCUT2D eigenvalue weighted by Crippen LogP contribution is 2.37. The van der Waals surface area contributed by atoms with E-state index in [1.54, 1.807) is 30.5 Å². The highest BCUT2D eigenvalue weighted by molar-refractivity contribution is 6.04. The SMILES string of the molecule is CCCCn1c(C(O)c2ccc(-c3c(C#N)oc4ccccc34)cc2)c(C(=O)O)c2cccnc21. The van der Waals surface area contributed by atoms with Crippen LogP contribution in [0, 0.1) is 11.3 Å². The Kier molecular flexibility index (Phi) is 5.81. The molecule has 3 aromatic heterocycles. The first kappa shape index (κ1) is 22.4. The number of fused-ring (bicyclic) bond motifs is 2. The van der Waals surface area contributed by atoms with Gasteiger partial charge in [0.25, 0.3) is 0 Å². The van der Waals surface area contributed by atoms with Gasteiger partial charge in [-0.3, -0.25) is 0 Å². The van der Waals surface area contributed by atoms with Gasteiger partial charge in [-0.25, -0.2) is 9.78 Å². The van der Waals surface area contributed by atoms with Crippen LogP contribution in [0.3, 0.4) is 0 Å². The number of aliphatic hydroxyl groups is 1. The van der Waals surface area contributed by atoms with Crippen LogP contribution in [-0.2, 0) is 6.54 Å². The van der Waals surface area contributed by atoms with Gasteiger partial charge in [0, 0.05) is 29.1 Å². The number of unbranched alkanes of at least 4 members (excludes halogenated alkanes) is 1. The number of nitrogens with zero attached hydrogens (tertiary/aromatic N) is 3. The molecule has 0 aliphatic carbocycles. The van der Waals surface area contributed by atoms with Crippen molar-refractivity contribution in [2.75, 3.05) is 0 Å². The second-order valence-electron chi connectivity index (χ2n) is 8.38. The molecular formula is C28H23N3O4. The second kappa shape index (κ2) is 9.09. The quantitative estimate of drug-likeness (QED) is 0.309. The number of benzene rings is 2. The maximum Gasteiger partial charge on any atom is 0.338 e. The molecule has 0 aliphatic rings. The number of rotatable bonds is 7. The molecule has 2 aromatic carbocycles. The van der Waals surface area contributed by atoms with Crippen molar-refractivity contribution < 1.29 is 19.4 Å². The van der Waals surface area contributed by atoms with E-state index in [1.165, 1.54) is 0 Å². The van der Waals surface area contributed by atoms with E-state index in [-0.39, 0.29) is 11.3 Å². The van der Waals surface area contributed by atoms with Gasteiger partial charge in [-0.05, 0) is 35.7 Å². The number of aromatic nitrogens is 2. The predicted molar refractivity (Wildman–Crippen MR) is 132 cm³/mol. The van der Waals surface area contributed by atoms with E-state index in [9.17, 15) is 20.3 Å². The van der Waals surface area contributed by atoms with Crippen LogP contribution >= 0.6 is 0 Å². The summed E-state index contributed by atoms with van der Waals surface area (Å²) in [4.78, 5) is 16.7. The monoisotopic (exact) mass is 465 g/mol. The summed E-state index contributed by atoms with van der Waals surface area (Å²) in [6.07, 6.45) is 2.20. The molecule has 0 aliphatic heterocycles. The lowest BCUT2D eigenvalue weighted by Gasteiger charge is -2.17. The highest BCUT2D eigenvalue weighted by Gasteiger charge is 2.28. The molecule has 5 rings (SSSR count). The second-order valence-corrected chi connectivity index (χ2v) is 8.38. The summed E-state index contributed by atoms with van der Waals surface area (Å²) < 4.78 is 7.51. The molecule has 35 heavy (non-hydrogen) atoms. The molecule has 3 heterocycles. The molecule has 7 nitrogen and oxygen atoms in total. The number of carbonyl (C=O) groups is 1. The first-order valence-corrected chi connectivity index (χ1v) is 11.5. The smallest absolute Gasteiger partial charge is 0.338 e. The molecular weight excluding hydrogens is 442 g/mol. The third-order valence-electron chi connectivity index (χ3n) is 6.28. The van der Waals surface area contributed by atoms with Crippen LogP contribution in [0.1, 0.15) is 53.2 Å². The van der Waals surface area contributed by atoms with E-state index < -0.39 is 12.1 Å². The van der Waals surface area contributed by atoms with Crippen LogP contribution in [0.2, 0.25) is 0 Å². The minimum atomic E-state index is -1.17. The first-order chi connectivity index (χ1) is 17.0. The Labute approximate surface area is 201 Å². The van der Waals surface area contributed by atoms with Gasteiger partial charge in [-0.1, -0.05) is 55.8 Å². The average molecular weight is 466 g/mol. The summed E-state index contributed by atoms with van der Waals surface area (Å²) in [7, 11) is 0. The molecule has 7 heteroatoms. The first-order valence-electron chi connectivity index (χ1n) is 11.5. The molecule has 0 spiro atoms. The Hall–Kier alpha value is -4.41. The molecule has 0 saturated heterocycles. The van der Waals surface area contributed by atoms with Crippen molar-refractivity contribution >= 4 is 28.0 Å². The van der Waals surface area contributed by atoms with Crippen molar-refractivity contribution in [1.29, 1.82) is 5.26 Å². The number of carboxylic acid groups (broad SMARTS) is 1. The maximum absolute atomic E-state index is 12.3. The van der Waals surface area contributed by atoms with Crippen LogP contribution in [-0.4, -0.2) is 25.7 Å². The van der Waals surface area contributed by atoms with E-state index in [1.807, 2.05) is 41.0 Å². The van der Waals surface area contributed by atoms with Gasteiger partial charge in [-0.15, -0.1) is 0 Å². The van der Waals surface area contributed by atoms with E-state index >= 15 is 0 Å². The van der Waals surface area contributed by atoms with Crippen LogP contribution in [0.5, 0.6) is 0 Å². The standard InChI is InChI=1S/C28H23N3O4/c1-2-3-15-31-25(24(28(33)34)20-8-6-14-30-27(20)31)26(32)18-12-10-17(11-13-18)23-19-7-4-5-9-21(19)35-22(23)16-29/h4-14,26,32H,2-3,15H2,1H3,(H,33,34). The highest BCUT2D eigenvalue weighted by atomic mass is 16.4.